The van der Waals surface area contributed by atoms with Gasteiger partial charge in [-0.3, -0.25) is 0 Å². The van der Waals surface area contributed by atoms with Crippen molar-refractivity contribution >= 4 is 29.3 Å². The standard InChI is InChI=1S/2C4H6O2.Al.3H/c2*1-3(2)4(5)6;;;;/h2*1H2,2H3,(H,5,6);;;;. The predicted octanol–water partition coefficient (Wildman–Crippen LogP) is 0.110. The molecule has 0 aliphatic heterocycles. The lowest BCUT2D eigenvalue weighted by Crippen LogP contribution is -1.92. The molecule has 4 nitrogen and oxygen atoms in total. The van der Waals surface area contributed by atoms with Crippen molar-refractivity contribution in [3.8, 4) is 0 Å². The molecule has 0 radical (unpaired) electrons. The van der Waals surface area contributed by atoms with E-state index in [0.29, 0.717) is 0 Å². The topological polar surface area (TPSA) is 74.6 Å². The Balaban J connectivity index is -0.000000143. The second-order valence-corrected chi connectivity index (χ2v) is 2.17. The molecule has 0 saturated carbocycles. The van der Waals surface area contributed by atoms with E-state index >= 15 is 0 Å². The number of aliphatic carboxylic acids is 2. The number of rotatable bonds is 2. The fourth-order valence-electron chi connectivity index (χ4n) is 0. The van der Waals surface area contributed by atoms with Crippen molar-refractivity contribution in [1.82, 2.24) is 0 Å². The van der Waals surface area contributed by atoms with Crippen molar-refractivity contribution in [2.75, 3.05) is 0 Å². The van der Waals surface area contributed by atoms with Crippen molar-refractivity contribution in [3.05, 3.63) is 24.3 Å². The summed E-state index contributed by atoms with van der Waals surface area (Å²) in [4.78, 5) is 19.2. The summed E-state index contributed by atoms with van der Waals surface area (Å²) in [5.74, 6) is -1.87. The molecule has 0 heterocycles. The highest BCUT2D eigenvalue weighted by Gasteiger charge is 1.90. The van der Waals surface area contributed by atoms with Crippen LogP contribution in [0.15, 0.2) is 24.3 Å². The van der Waals surface area contributed by atoms with Gasteiger partial charge in [0.2, 0.25) is 0 Å². The molecule has 0 aromatic rings. The molecule has 0 aromatic carbocycles. The number of hydrogen-bond acceptors (Lipinski definition) is 2. The molecule has 0 aromatic heterocycles. The van der Waals surface area contributed by atoms with Crippen LogP contribution in [-0.4, -0.2) is 39.5 Å². The zero-order valence-electron chi connectivity index (χ0n) is 7.13. The molecule has 5 heteroatoms. The van der Waals surface area contributed by atoms with E-state index in [4.69, 9.17) is 10.2 Å². The Bertz CT molecular complexity index is 172. The molecule has 13 heavy (non-hydrogen) atoms. The summed E-state index contributed by atoms with van der Waals surface area (Å²) >= 11 is 0. The molecule has 0 spiro atoms. The quantitative estimate of drug-likeness (QED) is 0.492. The summed E-state index contributed by atoms with van der Waals surface area (Å²) in [6, 6.07) is 0. The van der Waals surface area contributed by atoms with Gasteiger partial charge in [0.25, 0.3) is 0 Å². The van der Waals surface area contributed by atoms with Crippen LogP contribution >= 0.6 is 0 Å². The third kappa shape index (κ3) is 18.2. The fraction of sp³-hybridized carbons (Fsp3) is 0.250. The predicted molar refractivity (Wildman–Crippen MR) is 54.8 cm³/mol. The Hall–Kier alpha value is -1.05. The summed E-state index contributed by atoms with van der Waals surface area (Å²) in [5, 5.41) is 15.8. The summed E-state index contributed by atoms with van der Waals surface area (Å²) in [6.45, 7) is 9.20. The maximum Gasteiger partial charge on any atom is 0.330 e. The van der Waals surface area contributed by atoms with Gasteiger partial charge >= 0.3 is 11.9 Å². The average Bonchev–Trinajstić information content (AvgIpc) is 1.88. The Morgan fingerprint density at radius 1 is 0.923 bits per heavy atom. The Morgan fingerprint density at radius 2 is 1.00 bits per heavy atom. The molecule has 74 valence electrons. The Morgan fingerprint density at radius 3 is 1.00 bits per heavy atom. The van der Waals surface area contributed by atoms with E-state index in [2.05, 4.69) is 13.2 Å². The molecule has 0 aliphatic carbocycles. The SMILES string of the molecule is C=C(C)C(=O)O.C=C(C)C(=O)O.[AlH3]. The number of hydrogen-bond donors (Lipinski definition) is 2. The molecular formula is C8H15AlO4. The molecule has 0 aliphatic rings. The van der Waals surface area contributed by atoms with Gasteiger partial charge in [-0.15, -0.1) is 0 Å². The minimum Gasteiger partial charge on any atom is -0.478 e. The molecule has 0 unspecified atom stereocenters. The summed E-state index contributed by atoms with van der Waals surface area (Å²) in [5.41, 5.74) is 0.352. The van der Waals surface area contributed by atoms with E-state index in [0.717, 1.165) is 0 Å². The number of carbonyl (C=O) groups is 2. The van der Waals surface area contributed by atoms with Crippen LogP contribution in [0.3, 0.4) is 0 Å². The van der Waals surface area contributed by atoms with E-state index in [1.165, 1.54) is 13.8 Å². The van der Waals surface area contributed by atoms with Crippen LogP contribution in [0.2, 0.25) is 0 Å². The van der Waals surface area contributed by atoms with Crippen LogP contribution < -0.4 is 0 Å². The minimum absolute atomic E-state index is 0. The largest absolute Gasteiger partial charge is 0.478 e. The number of carboxylic acid groups (broad SMARTS) is 2. The van der Waals surface area contributed by atoms with Gasteiger partial charge in [0.05, 0.1) is 0 Å². The maximum absolute atomic E-state index is 9.60. The third-order valence-electron chi connectivity index (χ3n) is 0.730. The monoisotopic (exact) mass is 202 g/mol. The van der Waals surface area contributed by atoms with E-state index < -0.39 is 11.9 Å². The normalized spacial score (nSPS) is 6.92. The van der Waals surface area contributed by atoms with Crippen LogP contribution in [0.5, 0.6) is 0 Å². The zero-order valence-corrected chi connectivity index (χ0v) is 7.13. The summed E-state index contributed by atoms with van der Waals surface area (Å²) in [7, 11) is 0. The van der Waals surface area contributed by atoms with Crippen molar-refractivity contribution in [1.29, 1.82) is 0 Å². The highest BCUT2D eigenvalue weighted by atomic mass is 27.0. The van der Waals surface area contributed by atoms with Crippen LogP contribution in [0.1, 0.15) is 13.8 Å². The molecular weight excluding hydrogens is 187 g/mol. The lowest BCUT2D eigenvalue weighted by Gasteiger charge is -1.79. The average molecular weight is 202 g/mol. The van der Waals surface area contributed by atoms with Gasteiger partial charge in [-0.25, -0.2) is 9.59 Å². The van der Waals surface area contributed by atoms with Crippen LogP contribution in [-0.2, 0) is 9.59 Å². The van der Waals surface area contributed by atoms with Crippen LogP contribution in [0.4, 0.5) is 0 Å². The number of carboxylic acids is 2. The smallest absolute Gasteiger partial charge is 0.330 e. The summed E-state index contributed by atoms with van der Waals surface area (Å²) in [6.07, 6.45) is 0. The minimum atomic E-state index is -0.935. The first kappa shape index (κ1) is 17.9. The van der Waals surface area contributed by atoms with Gasteiger partial charge in [-0.1, -0.05) is 13.2 Å². The van der Waals surface area contributed by atoms with Gasteiger partial charge in [0.1, 0.15) is 0 Å². The van der Waals surface area contributed by atoms with Gasteiger partial charge in [0, 0.05) is 11.1 Å². The van der Waals surface area contributed by atoms with Crippen molar-refractivity contribution in [2.45, 2.75) is 13.8 Å². The van der Waals surface area contributed by atoms with Crippen molar-refractivity contribution in [2.24, 2.45) is 0 Å². The fourth-order valence-corrected chi connectivity index (χ4v) is 0. The molecule has 0 amide bonds. The van der Waals surface area contributed by atoms with E-state index in [9.17, 15) is 9.59 Å². The van der Waals surface area contributed by atoms with E-state index in [1.807, 2.05) is 0 Å². The zero-order chi connectivity index (χ0) is 10.3. The Kier molecular flexibility index (Phi) is 12.4. The van der Waals surface area contributed by atoms with E-state index in [-0.39, 0.29) is 28.5 Å². The lowest BCUT2D eigenvalue weighted by atomic mass is 10.4. The Labute approximate surface area is 87.7 Å². The molecule has 0 bridgehead atoms. The van der Waals surface area contributed by atoms with Crippen LogP contribution in [0.25, 0.3) is 0 Å². The third-order valence-corrected chi connectivity index (χ3v) is 0.730. The molecule has 0 rings (SSSR count). The first-order chi connectivity index (χ1) is 5.29. The van der Waals surface area contributed by atoms with Gasteiger partial charge in [-0.05, 0) is 13.8 Å². The highest BCUT2D eigenvalue weighted by molar-refractivity contribution is 5.85. The first-order valence-electron chi connectivity index (χ1n) is 3.06. The second kappa shape index (κ2) is 9.04. The lowest BCUT2D eigenvalue weighted by molar-refractivity contribution is -0.133. The molecule has 0 saturated heterocycles. The first-order valence-corrected chi connectivity index (χ1v) is 3.06. The highest BCUT2D eigenvalue weighted by Crippen LogP contribution is 1.81. The second-order valence-electron chi connectivity index (χ2n) is 2.17. The molecule has 0 atom stereocenters. The molecule has 0 fully saturated rings. The summed E-state index contributed by atoms with van der Waals surface area (Å²) < 4.78 is 0. The van der Waals surface area contributed by atoms with Gasteiger partial charge < -0.3 is 10.2 Å². The molecule has 2 N–H and O–H groups in total. The van der Waals surface area contributed by atoms with Gasteiger partial charge in [-0.2, -0.15) is 0 Å². The maximum atomic E-state index is 9.60. The van der Waals surface area contributed by atoms with E-state index in [1.54, 1.807) is 0 Å². The van der Waals surface area contributed by atoms with Gasteiger partial charge in [0.15, 0.2) is 17.4 Å². The van der Waals surface area contributed by atoms with Crippen molar-refractivity contribution in [3.63, 3.8) is 0 Å². The van der Waals surface area contributed by atoms with Crippen LogP contribution in [0, 0.1) is 0 Å². The van der Waals surface area contributed by atoms with Crippen molar-refractivity contribution < 1.29 is 19.8 Å².